The lowest BCUT2D eigenvalue weighted by atomic mass is 10.2. The number of tetrazole rings is 1. The molecule has 0 aliphatic rings. The highest BCUT2D eigenvalue weighted by molar-refractivity contribution is 7.98. The number of hydrogen-bond donors (Lipinski definition) is 0. The monoisotopic (exact) mass is 388 g/mol. The number of anilines is 2. The molecule has 0 saturated heterocycles. The molecule has 0 fully saturated rings. The molecule has 1 amide bonds. The van der Waals surface area contributed by atoms with E-state index in [-0.39, 0.29) is 5.91 Å². The molecule has 9 heteroatoms. The van der Waals surface area contributed by atoms with Crippen molar-refractivity contribution in [2.75, 3.05) is 4.90 Å². The summed E-state index contributed by atoms with van der Waals surface area (Å²) in [5.74, 6) is 1.06. The Morgan fingerprint density at radius 3 is 2.77 bits per heavy atom. The molecule has 0 radical (unpaired) electrons. The summed E-state index contributed by atoms with van der Waals surface area (Å²) in [6.07, 6.45) is 0. The van der Waals surface area contributed by atoms with Gasteiger partial charge in [-0.3, -0.25) is 9.69 Å². The number of carbonyl (C=O) groups is 1. The summed E-state index contributed by atoms with van der Waals surface area (Å²) < 4.78 is 1.81. The molecule has 0 aliphatic heterocycles. The van der Waals surface area contributed by atoms with Crippen molar-refractivity contribution in [2.24, 2.45) is 5.92 Å². The normalized spacial score (nSPS) is 11.1. The maximum Gasteiger partial charge on any atom is 0.230 e. The molecule has 26 heavy (non-hydrogen) atoms. The molecule has 2 heterocycles. The van der Waals surface area contributed by atoms with Gasteiger partial charge in [0, 0.05) is 24.6 Å². The van der Waals surface area contributed by atoms with Crippen LogP contribution in [-0.4, -0.2) is 31.1 Å². The molecule has 0 spiro atoms. The van der Waals surface area contributed by atoms with E-state index in [1.807, 2.05) is 40.4 Å². The molecule has 136 valence electrons. The zero-order valence-electron chi connectivity index (χ0n) is 14.9. The largest absolute Gasteiger partial charge is 0.274 e. The van der Waals surface area contributed by atoms with Gasteiger partial charge in [0.2, 0.25) is 11.1 Å². The molecular formula is C17H20N6OS2. The molecule has 0 N–H and O–H groups in total. The lowest BCUT2D eigenvalue weighted by molar-refractivity contribution is -0.115. The minimum Gasteiger partial charge on any atom is -0.274 e. The Morgan fingerprint density at radius 2 is 2.08 bits per heavy atom. The van der Waals surface area contributed by atoms with E-state index in [0.29, 0.717) is 16.8 Å². The van der Waals surface area contributed by atoms with Gasteiger partial charge in [-0.2, -0.15) is 0 Å². The van der Waals surface area contributed by atoms with Crippen LogP contribution in [0.25, 0.3) is 0 Å². The SMILES string of the molecule is CC(=O)N(c1ccccc1)c1nc(CSc2nnnn2CC(C)C)cs1. The number of hydrogen-bond acceptors (Lipinski definition) is 7. The summed E-state index contributed by atoms with van der Waals surface area (Å²) in [5.41, 5.74) is 1.71. The molecule has 0 bridgehead atoms. The summed E-state index contributed by atoms with van der Waals surface area (Å²) in [6, 6.07) is 9.54. The minimum absolute atomic E-state index is 0.0642. The Morgan fingerprint density at radius 1 is 1.31 bits per heavy atom. The van der Waals surface area contributed by atoms with Gasteiger partial charge in [0.25, 0.3) is 0 Å². The van der Waals surface area contributed by atoms with Gasteiger partial charge in [-0.15, -0.1) is 16.4 Å². The fourth-order valence-electron chi connectivity index (χ4n) is 2.37. The summed E-state index contributed by atoms with van der Waals surface area (Å²) in [5, 5.41) is 15.3. The molecule has 2 aromatic heterocycles. The van der Waals surface area contributed by atoms with E-state index in [0.717, 1.165) is 23.1 Å². The van der Waals surface area contributed by atoms with Gasteiger partial charge in [-0.25, -0.2) is 9.67 Å². The van der Waals surface area contributed by atoms with E-state index < -0.39 is 0 Å². The van der Waals surface area contributed by atoms with Gasteiger partial charge < -0.3 is 0 Å². The Hall–Kier alpha value is -2.26. The topological polar surface area (TPSA) is 76.8 Å². The molecule has 0 unspecified atom stereocenters. The second kappa shape index (κ2) is 8.41. The molecule has 7 nitrogen and oxygen atoms in total. The minimum atomic E-state index is -0.0642. The van der Waals surface area contributed by atoms with Crippen molar-refractivity contribution in [2.45, 2.75) is 38.2 Å². The van der Waals surface area contributed by atoms with E-state index in [4.69, 9.17) is 0 Å². The van der Waals surface area contributed by atoms with E-state index in [9.17, 15) is 4.79 Å². The predicted octanol–water partition coefficient (Wildman–Crippen LogP) is 3.76. The molecule has 0 atom stereocenters. The van der Waals surface area contributed by atoms with Crippen LogP contribution in [0.1, 0.15) is 26.5 Å². The van der Waals surface area contributed by atoms with Gasteiger partial charge >= 0.3 is 0 Å². The fraction of sp³-hybridized carbons (Fsp3) is 0.353. The Bertz CT molecular complexity index is 861. The molecular weight excluding hydrogens is 368 g/mol. The Balaban J connectivity index is 1.72. The van der Waals surface area contributed by atoms with E-state index >= 15 is 0 Å². The summed E-state index contributed by atoms with van der Waals surface area (Å²) in [6.45, 7) is 6.58. The summed E-state index contributed by atoms with van der Waals surface area (Å²) >= 11 is 3.00. The lowest BCUT2D eigenvalue weighted by Gasteiger charge is -2.17. The highest BCUT2D eigenvalue weighted by Gasteiger charge is 2.18. The quantitative estimate of drug-likeness (QED) is 0.574. The summed E-state index contributed by atoms with van der Waals surface area (Å²) in [4.78, 5) is 18.4. The van der Waals surface area contributed by atoms with Crippen LogP contribution in [0.4, 0.5) is 10.8 Å². The van der Waals surface area contributed by atoms with E-state index in [1.54, 1.807) is 23.6 Å². The average molecular weight is 389 g/mol. The highest BCUT2D eigenvalue weighted by atomic mass is 32.2. The van der Waals surface area contributed by atoms with Crippen LogP contribution in [0.2, 0.25) is 0 Å². The zero-order valence-corrected chi connectivity index (χ0v) is 16.5. The van der Waals surface area contributed by atoms with Crippen LogP contribution in [0.3, 0.4) is 0 Å². The number of aromatic nitrogens is 5. The standard InChI is InChI=1S/C17H20N6OS2/c1-12(2)9-22-17(19-20-21-22)26-11-14-10-25-16(18-14)23(13(3)24)15-7-5-4-6-8-15/h4-8,10,12H,9,11H2,1-3H3. The molecule has 3 rings (SSSR count). The third kappa shape index (κ3) is 4.47. The first kappa shape index (κ1) is 18.5. The number of para-hydroxylation sites is 1. The second-order valence-electron chi connectivity index (χ2n) is 6.14. The van der Waals surface area contributed by atoms with E-state index in [1.165, 1.54) is 11.3 Å². The van der Waals surface area contributed by atoms with Gasteiger partial charge in [-0.05, 0) is 28.5 Å². The third-order valence-corrected chi connectivity index (χ3v) is 5.31. The molecule has 0 saturated carbocycles. The summed E-state index contributed by atoms with van der Waals surface area (Å²) in [7, 11) is 0. The van der Waals surface area contributed by atoms with Crippen molar-refractivity contribution < 1.29 is 4.79 Å². The number of carbonyl (C=O) groups excluding carboxylic acids is 1. The van der Waals surface area contributed by atoms with E-state index in [2.05, 4.69) is 34.4 Å². The van der Waals surface area contributed by atoms with Gasteiger partial charge in [0.05, 0.1) is 11.4 Å². The smallest absolute Gasteiger partial charge is 0.230 e. The lowest BCUT2D eigenvalue weighted by Crippen LogP contribution is -2.22. The highest BCUT2D eigenvalue weighted by Crippen LogP contribution is 2.30. The first-order chi connectivity index (χ1) is 12.5. The van der Waals surface area contributed by atoms with Crippen molar-refractivity contribution in [1.29, 1.82) is 0 Å². The maximum atomic E-state index is 12.1. The van der Waals surface area contributed by atoms with Gasteiger partial charge in [0.15, 0.2) is 5.13 Å². The van der Waals surface area contributed by atoms with Crippen LogP contribution in [0.15, 0.2) is 40.9 Å². The number of amides is 1. The first-order valence-corrected chi connectivity index (χ1v) is 10.1. The van der Waals surface area contributed by atoms with Crippen LogP contribution >= 0.6 is 23.1 Å². The van der Waals surface area contributed by atoms with Crippen LogP contribution in [0.5, 0.6) is 0 Å². The third-order valence-electron chi connectivity index (χ3n) is 3.45. The number of rotatable bonds is 7. The maximum absolute atomic E-state index is 12.1. The van der Waals surface area contributed by atoms with Crippen molar-refractivity contribution >= 4 is 39.8 Å². The number of thiazole rings is 1. The zero-order chi connectivity index (χ0) is 18.5. The van der Waals surface area contributed by atoms with Crippen LogP contribution < -0.4 is 4.90 Å². The van der Waals surface area contributed by atoms with Crippen molar-refractivity contribution in [3.63, 3.8) is 0 Å². The average Bonchev–Trinajstić information content (AvgIpc) is 3.23. The number of thioether (sulfide) groups is 1. The molecule has 1 aromatic carbocycles. The number of nitrogens with zero attached hydrogens (tertiary/aromatic N) is 6. The van der Waals surface area contributed by atoms with Gasteiger partial charge in [-0.1, -0.05) is 43.8 Å². The van der Waals surface area contributed by atoms with Crippen molar-refractivity contribution in [3.05, 3.63) is 41.4 Å². The van der Waals surface area contributed by atoms with Crippen molar-refractivity contribution in [3.8, 4) is 0 Å². The Labute approximate surface area is 160 Å². The first-order valence-electron chi connectivity index (χ1n) is 8.23. The predicted molar refractivity (Wildman–Crippen MR) is 104 cm³/mol. The van der Waals surface area contributed by atoms with Crippen LogP contribution in [0, 0.1) is 5.92 Å². The Kier molecular flexibility index (Phi) is 6.00. The second-order valence-corrected chi connectivity index (χ2v) is 7.92. The van der Waals surface area contributed by atoms with Crippen molar-refractivity contribution in [1.82, 2.24) is 25.2 Å². The van der Waals surface area contributed by atoms with Crippen LogP contribution in [-0.2, 0) is 17.1 Å². The molecule has 3 aromatic rings. The number of benzene rings is 1. The fourth-order valence-corrected chi connectivity index (χ4v) is 4.14. The molecule has 0 aliphatic carbocycles. The van der Waals surface area contributed by atoms with Gasteiger partial charge in [0.1, 0.15) is 0 Å².